The van der Waals surface area contributed by atoms with Crippen LogP contribution >= 0.6 is 0 Å². The number of hydrogen-bond donors (Lipinski definition) is 2. The molecular weight excluding hydrogens is 264 g/mol. The van der Waals surface area contributed by atoms with Gasteiger partial charge in [-0.2, -0.15) is 0 Å². The molecule has 1 rings (SSSR count). The van der Waals surface area contributed by atoms with Crippen molar-refractivity contribution in [3.05, 3.63) is 23.8 Å². The molecular formula is C17H28N2O2. The number of carbonyl (C=O) groups excluding carboxylic acids is 1. The number of benzene rings is 1. The summed E-state index contributed by atoms with van der Waals surface area (Å²) in [6.07, 6.45) is 3.17. The highest BCUT2D eigenvalue weighted by Crippen LogP contribution is 2.23. The van der Waals surface area contributed by atoms with Gasteiger partial charge in [-0.25, -0.2) is 0 Å². The van der Waals surface area contributed by atoms with Gasteiger partial charge in [0.1, 0.15) is 5.75 Å². The minimum atomic E-state index is 0.0977. The number of nitrogen functional groups attached to an aromatic ring is 1. The predicted molar refractivity (Wildman–Crippen MR) is 87.4 cm³/mol. The highest BCUT2D eigenvalue weighted by molar-refractivity contribution is 5.76. The number of nitrogens with one attached hydrogen (secondary N) is 1. The minimum Gasteiger partial charge on any atom is -0.491 e. The van der Waals surface area contributed by atoms with Gasteiger partial charge in [0.05, 0.1) is 12.3 Å². The third-order valence-electron chi connectivity index (χ3n) is 3.22. The maximum atomic E-state index is 11.7. The third kappa shape index (κ3) is 7.02. The van der Waals surface area contributed by atoms with E-state index in [0.29, 0.717) is 31.1 Å². The molecule has 0 fully saturated rings. The molecule has 0 radical (unpaired) electrons. The van der Waals surface area contributed by atoms with Crippen molar-refractivity contribution in [3.8, 4) is 5.75 Å². The zero-order valence-electron chi connectivity index (χ0n) is 13.4. The molecule has 0 heterocycles. The van der Waals surface area contributed by atoms with Crippen LogP contribution in [0.3, 0.4) is 0 Å². The first-order chi connectivity index (χ1) is 10.0. The van der Waals surface area contributed by atoms with Crippen LogP contribution < -0.4 is 15.8 Å². The van der Waals surface area contributed by atoms with Gasteiger partial charge in [0.25, 0.3) is 0 Å². The topological polar surface area (TPSA) is 64.3 Å². The second-order valence-corrected chi connectivity index (χ2v) is 5.75. The second-order valence-electron chi connectivity index (χ2n) is 5.75. The van der Waals surface area contributed by atoms with Crippen molar-refractivity contribution in [1.29, 1.82) is 0 Å². The standard InChI is InChI=1S/C17H28N2O2/c1-4-11-21-16-7-5-14(12-15(16)18)6-8-17(20)19-10-9-13(2)3/h5,7,12-13H,4,6,8-11,18H2,1-3H3,(H,19,20). The van der Waals surface area contributed by atoms with Crippen molar-refractivity contribution in [2.75, 3.05) is 18.9 Å². The van der Waals surface area contributed by atoms with Crippen LogP contribution in [0, 0.1) is 5.92 Å². The maximum Gasteiger partial charge on any atom is 0.220 e. The highest BCUT2D eigenvalue weighted by atomic mass is 16.5. The van der Waals surface area contributed by atoms with Crippen molar-refractivity contribution >= 4 is 11.6 Å². The van der Waals surface area contributed by atoms with E-state index in [4.69, 9.17) is 10.5 Å². The number of anilines is 1. The molecule has 21 heavy (non-hydrogen) atoms. The Kier molecular flexibility index (Phi) is 7.65. The average Bonchev–Trinajstić information content (AvgIpc) is 2.43. The summed E-state index contributed by atoms with van der Waals surface area (Å²) in [7, 11) is 0. The van der Waals surface area contributed by atoms with E-state index in [9.17, 15) is 4.79 Å². The lowest BCUT2D eigenvalue weighted by Gasteiger charge is -2.10. The Labute approximate surface area is 128 Å². The Hall–Kier alpha value is -1.71. The van der Waals surface area contributed by atoms with Crippen LogP contribution in [-0.2, 0) is 11.2 Å². The molecule has 4 nitrogen and oxygen atoms in total. The maximum absolute atomic E-state index is 11.7. The molecule has 0 aliphatic heterocycles. The molecule has 0 unspecified atom stereocenters. The van der Waals surface area contributed by atoms with Crippen LogP contribution in [0.1, 0.15) is 45.6 Å². The molecule has 1 aromatic carbocycles. The lowest BCUT2D eigenvalue weighted by molar-refractivity contribution is -0.121. The molecule has 3 N–H and O–H groups in total. The molecule has 1 aromatic rings. The molecule has 0 saturated heterocycles. The zero-order valence-corrected chi connectivity index (χ0v) is 13.4. The Morgan fingerprint density at radius 3 is 2.76 bits per heavy atom. The van der Waals surface area contributed by atoms with Gasteiger partial charge in [0.2, 0.25) is 5.91 Å². The smallest absolute Gasteiger partial charge is 0.220 e. The summed E-state index contributed by atoms with van der Waals surface area (Å²) in [6.45, 7) is 7.78. The van der Waals surface area contributed by atoms with E-state index in [1.807, 2.05) is 18.2 Å². The van der Waals surface area contributed by atoms with E-state index in [1.165, 1.54) is 0 Å². The average molecular weight is 292 g/mol. The summed E-state index contributed by atoms with van der Waals surface area (Å²) in [5.74, 6) is 1.43. The molecule has 4 heteroatoms. The van der Waals surface area contributed by atoms with E-state index in [1.54, 1.807) is 0 Å². The number of nitrogens with two attached hydrogens (primary N) is 1. The third-order valence-corrected chi connectivity index (χ3v) is 3.22. The normalized spacial score (nSPS) is 10.7. The molecule has 0 aromatic heterocycles. The van der Waals surface area contributed by atoms with Gasteiger partial charge in [-0.05, 0) is 42.9 Å². The van der Waals surface area contributed by atoms with Gasteiger partial charge < -0.3 is 15.8 Å². The summed E-state index contributed by atoms with van der Waals surface area (Å²) in [5.41, 5.74) is 7.66. The fourth-order valence-corrected chi connectivity index (χ4v) is 1.94. The number of rotatable bonds is 9. The van der Waals surface area contributed by atoms with Crippen molar-refractivity contribution in [2.24, 2.45) is 5.92 Å². The van der Waals surface area contributed by atoms with Crippen molar-refractivity contribution in [1.82, 2.24) is 5.32 Å². The van der Waals surface area contributed by atoms with Crippen LogP contribution in [0.5, 0.6) is 5.75 Å². The van der Waals surface area contributed by atoms with Gasteiger partial charge in [-0.3, -0.25) is 4.79 Å². The first kappa shape index (κ1) is 17.3. The number of amides is 1. The van der Waals surface area contributed by atoms with Gasteiger partial charge in [0.15, 0.2) is 0 Å². The zero-order chi connectivity index (χ0) is 15.7. The summed E-state index contributed by atoms with van der Waals surface area (Å²) in [5, 5.41) is 2.94. The highest BCUT2D eigenvalue weighted by Gasteiger charge is 2.05. The first-order valence-corrected chi connectivity index (χ1v) is 7.80. The molecule has 0 saturated carbocycles. The van der Waals surface area contributed by atoms with Crippen LogP contribution in [0.2, 0.25) is 0 Å². The number of aryl methyl sites for hydroxylation is 1. The lowest BCUT2D eigenvalue weighted by Crippen LogP contribution is -2.25. The molecule has 0 spiro atoms. The molecule has 0 bridgehead atoms. The lowest BCUT2D eigenvalue weighted by atomic mass is 10.1. The number of hydrogen-bond acceptors (Lipinski definition) is 3. The van der Waals surface area contributed by atoms with E-state index in [2.05, 4.69) is 26.1 Å². The molecule has 0 atom stereocenters. The van der Waals surface area contributed by atoms with Crippen LogP contribution in [0.15, 0.2) is 18.2 Å². The van der Waals surface area contributed by atoms with Crippen LogP contribution in [0.4, 0.5) is 5.69 Å². The van der Waals surface area contributed by atoms with E-state index >= 15 is 0 Å². The second kappa shape index (κ2) is 9.27. The van der Waals surface area contributed by atoms with Gasteiger partial charge in [0, 0.05) is 13.0 Å². The Balaban J connectivity index is 2.38. The number of carbonyl (C=O) groups is 1. The van der Waals surface area contributed by atoms with Gasteiger partial charge in [-0.15, -0.1) is 0 Å². The quantitative estimate of drug-likeness (QED) is 0.687. The summed E-state index contributed by atoms with van der Waals surface area (Å²) >= 11 is 0. The van der Waals surface area contributed by atoms with Crippen molar-refractivity contribution in [2.45, 2.75) is 46.5 Å². The van der Waals surface area contributed by atoms with E-state index in [-0.39, 0.29) is 5.91 Å². The van der Waals surface area contributed by atoms with Gasteiger partial charge >= 0.3 is 0 Å². The van der Waals surface area contributed by atoms with Gasteiger partial charge in [-0.1, -0.05) is 26.8 Å². The predicted octanol–water partition coefficient (Wildman–Crippen LogP) is 3.15. The fraction of sp³-hybridized carbons (Fsp3) is 0.588. The number of ether oxygens (including phenoxy) is 1. The minimum absolute atomic E-state index is 0.0977. The van der Waals surface area contributed by atoms with Crippen LogP contribution in [-0.4, -0.2) is 19.1 Å². The van der Waals surface area contributed by atoms with Crippen molar-refractivity contribution < 1.29 is 9.53 Å². The summed E-state index contributed by atoms with van der Waals surface area (Å²) in [6, 6.07) is 5.76. The molecule has 0 aliphatic carbocycles. The SMILES string of the molecule is CCCOc1ccc(CCC(=O)NCCC(C)C)cc1N. The Bertz CT molecular complexity index is 444. The first-order valence-electron chi connectivity index (χ1n) is 7.80. The largest absolute Gasteiger partial charge is 0.491 e. The van der Waals surface area contributed by atoms with E-state index in [0.717, 1.165) is 30.7 Å². The van der Waals surface area contributed by atoms with E-state index < -0.39 is 0 Å². The molecule has 118 valence electrons. The fourth-order valence-electron chi connectivity index (χ4n) is 1.94. The molecule has 1 amide bonds. The summed E-state index contributed by atoms with van der Waals surface area (Å²) < 4.78 is 5.54. The Morgan fingerprint density at radius 2 is 2.14 bits per heavy atom. The molecule has 0 aliphatic rings. The summed E-state index contributed by atoms with van der Waals surface area (Å²) in [4.78, 5) is 11.7. The Morgan fingerprint density at radius 1 is 1.38 bits per heavy atom. The monoisotopic (exact) mass is 292 g/mol. The van der Waals surface area contributed by atoms with Crippen molar-refractivity contribution in [3.63, 3.8) is 0 Å². The van der Waals surface area contributed by atoms with Crippen LogP contribution in [0.25, 0.3) is 0 Å².